The van der Waals surface area contributed by atoms with E-state index in [4.69, 9.17) is 11.6 Å². The van der Waals surface area contributed by atoms with E-state index in [1.807, 2.05) is 31.0 Å². The van der Waals surface area contributed by atoms with E-state index in [1.165, 1.54) is 12.1 Å². The van der Waals surface area contributed by atoms with E-state index in [2.05, 4.69) is 11.9 Å². The molecule has 0 spiro atoms. The standard InChI is InChI=1S/C18H20ClFN2/c1-4-22(3)12-21-17-10-13(2)9-15(18(17)19)11-14-5-7-16(20)8-6-14/h5-10,12H,4,11H2,1-3H3/b21-12-. The van der Waals surface area contributed by atoms with Gasteiger partial charge in [0.05, 0.1) is 17.0 Å². The number of nitrogens with zero attached hydrogens (tertiary/aromatic N) is 2. The number of halogens is 2. The molecular weight excluding hydrogens is 299 g/mol. The van der Waals surface area contributed by atoms with E-state index in [9.17, 15) is 4.39 Å². The van der Waals surface area contributed by atoms with Gasteiger partial charge in [-0.3, -0.25) is 0 Å². The average Bonchev–Trinajstić information content (AvgIpc) is 2.50. The van der Waals surface area contributed by atoms with Crippen LogP contribution in [0.1, 0.15) is 23.6 Å². The van der Waals surface area contributed by atoms with E-state index < -0.39 is 0 Å². The molecule has 0 amide bonds. The van der Waals surface area contributed by atoms with Gasteiger partial charge in [0, 0.05) is 13.6 Å². The fraction of sp³-hybridized carbons (Fsp3) is 0.278. The molecule has 0 bridgehead atoms. The number of rotatable bonds is 5. The predicted octanol–water partition coefficient (Wildman–Crippen LogP) is 4.99. The highest BCUT2D eigenvalue weighted by atomic mass is 35.5. The van der Waals surface area contributed by atoms with Crippen LogP contribution in [0.4, 0.5) is 10.1 Å². The Kier molecular flexibility index (Phi) is 5.56. The van der Waals surface area contributed by atoms with Crippen molar-refractivity contribution in [1.29, 1.82) is 0 Å². The van der Waals surface area contributed by atoms with Crippen LogP contribution in [0.3, 0.4) is 0 Å². The molecule has 2 nitrogen and oxygen atoms in total. The zero-order valence-corrected chi connectivity index (χ0v) is 13.9. The average molecular weight is 319 g/mol. The Morgan fingerprint density at radius 3 is 2.55 bits per heavy atom. The van der Waals surface area contributed by atoms with E-state index in [-0.39, 0.29) is 5.82 Å². The molecule has 0 fully saturated rings. The third kappa shape index (κ3) is 4.31. The third-order valence-electron chi connectivity index (χ3n) is 3.47. The highest BCUT2D eigenvalue weighted by molar-refractivity contribution is 6.33. The third-order valence-corrected chi connectivity index (χ3v) is 3.91. The minimum absolute atomic E-state index is 0.230. The maximum absolute atomic E-state index is 13.0. The highest BCUT2D eigenvalue weighted by Crippen LogP contribution is 2.31. The van der Waals surface area contributed by atoms with Gasteiger partial charge in [-0.15, -0.1) is 0 Å². The summed E-state index contributed by atoms with van der Waals surface area (Å²) in [6.45, 7) is 4.96. The molecule has 0 saturated heterocycles. The predicted molar refractivity (Wildman–Crippen MR) is 91.9 cm³/mol. The summed E-state index contributed by atoms with van der Waals surface area (Å²) in [6.07, 6.45) is 2.44. The second-order valence-electron chi connectivity index (χ2n) is 5.38. The van der Waals surface area contributed by atoms with Crippen LogP contribution in [0.15, 0.2) is 41.4 Å². The largest absolute Gasteiger partial charge is 0.366 e. The van der Waals surface area contributed by atoms with Crippen molar-refractivity contribution in [2.45, 2.75) is 20.3 Å². The Bertz CT molecular complexity index is 666. The van der Waals surface area contributed by atoms with Crippen molar-refractivity contribution in [3.8, 4) is 0 Å². The Morgan fingerprint density at radius 1 is 1.23 bits per heavy atom. The molecule has 0 aliphatic rings. The molecule has 0 heterocycles. The van der Waals surface area contributed by atoms with Crippen LogP contribution in [0.25, 0.3) is 0 Å². The van der Waals surface area contributed by atoms with Crippen molar-refractivity contribution < 1.29 is 4.39 Å². The molecule has 0 aliphatic carbocycles. The van der Waals surface area contributed by atoms with E-state index in [1.54, 1.807) is 18.5 Å². The molecule has 0 aromatic heterocycles. The number of hydrogen-bond donors (Lipinski definition) is 0. The molecule has 116 valence electrons. The maximum atomic E-state index is 13.0. The minimum Gasteiger partial charge on any atom is -0.366 e. The van der Waals surface area contributed by atoms with Crippen LogP contribution < -0.4 is 0 Å². The first-order chi connectivity index (χ1) is 10.5. The summed E-state index contributed by atoms with van der Waals surface area (Å²) < 4.78 is 13.0. The molecule has 0 unspecified atom stereocenters. The minimum atomic E-state index is -0.230. The molecule has 4 heteroatoms. The van der Waals surface area contributed by atoms with Gasteiger partial charge >= 0.3 is 0 Å². The summed E-state index contributed by atoms with van der Waals surface area (Å²) in [5.41, 5.74) is 3.89. The van der Waals surface area contributed by atoms with E-state index >= 15 is 0 Å². The van der Waals surface area contributed by atoms with Crippen LogP contribution in [-0.4, -0.2) is 24.8 Å². The summed E-state index contributed by atoms with van der Waals surface area (Å²) in [5.74, 6) is -0.230. The number of aliphatic imine (C=N–C) groups is 1. The zero-order chi connectivity index (χ0) is 16.1. The lowest BCUT2D eigenvalue weighted by Crippen LogP contribution is -2.14. The van der Waals surface area contributed by atoms with Crippen molar-refractivity contribution in [2.24, 2.45) is 4.99 Å². The van der Waals surface area contributed by atoms with Crippen LogP contribution in [0, 0.1) is 12.7 Å². The van der Waals surface area contributed by atoms with Crippen molar-refractivity contribution in [3.63, 3.8) is 0 Å². The summed E-state index contributed by atoms with van der Waals surface area (Å²) in [7, 11) is 1.96. The van der Waals surface area contributed by atoms with Gasteiger partial charge in [0.15, 0.2) is 0 Å². The Hall–Kier alpha value is -1.87. The smallest absolute Gasteiger partial charge is 0.123 e. The van der Waals surface area contributed by atoms with Gasteiger partial charge < -0.3 is 4.90 Å². The normalized spacial score (nSPS) is 11.1. The first kappa shape index (κ1) is 16.5. The van der Waals surface area contributed by atoms with Crippen LogP contribution in [0.2, 0.25) is 5.02 Å². The number of aryl methyl sites for hydroxylation is 1. The first-order valence-electron chi connectivity index (χ1n) is 7.27. The lowest BCUT2D eigenvalue weighted by molar-refractivity contribution is 0.552. The molecule has 0 saturated carbocycles. The van der Waals surface area contributed by atoms with Gasteiger partial charge in [-0.05, 0) is 55.2 Å². The van der Waals surface area contributed by atoms with Crippen molar-refractivity contribution >= 4 is 23.6 Å². The van der Waals surface area contributed by atoms with Gasteiger partial charge in [0.25, 0.3) is 0 Å². The second kappa shape index (κ2) is 7.41. The van der Waals surface area contributed by atoms with Crippen LogP contribution in [-0.2, 0) is 6.42 Å². The first-order valence-corrected chi connectivity index (χ1v) is 7.65. The number of benzene rings is 2. The molecule has 0 aliphatic heterocycles. The fourth-order valence-corrected chi connectivity index (χ4v) is 2.34. The lowest BCUT2D eigenvalue weighted by Gasteiger charge is -2.11. The SMILES string of the molecule is CCN(C)/C=N\c1cc(C)cc(Cc2ccc(F)cc2)c1Cl. The second-order valence-corrected chi connectivity index (χ2v) is 5.76. The Balaban J connectivity index is 2.30. The van der Waals surface area contributed by atoms with Gasteiger partial charge in [-0.1, -0.05) is 29.8 Å². The van der Waals surface area contributed by atoms with Gasteiger partial charge in [-0.25, -0.2) is 9.38 Å². The summed E-state index contributed by atoms with van der Waals surface area (Å²) in [5, 5.41) is 0.649. The van der Waals surface area contributed by atoms with Crippen molar-refractivity contribution in [2.75, 3.05) is 13.6 Å². The van der Waals surface area contributed by atoms with E-state index in [0.29, 0.717) is 11.4 Å². The molecule has 2 aromatic rings. The number of hydrogen-bond acceptors (Lipinski definition) is 1. The van der Waals surface area contributed by atoms with Crippen LogP contribution >= 0.6 is 11.6 Å². The van der Waals surface area contributed by atoms with Crippen molar-refractivity contribution in [1.82, 2.24) is 4.90 Å². The highest BCUT2D eigenvalue weighted by Gasteiger charge is 2.08. The molecule has 2 aromatic carbocycles. The van der Waals surface area contributed by atoms with Gasteiger partial charge in [0.1, 0.15) is 5.82 Å². The molecule has 0 radical (unpaired) electrons. The van der Waals surface area contributed by atoms with Crippen molar-refractivity contribution in [3.05, 3.63) is 63.9 Å². The molecule has 0 N–H and O–H groups in total. The molecule has 0 atom stereocenters. The fourth-order valence-electron chi connectivity index (χ4n) is 2.11. The molecule has 22 heavy (non-hydrogen) atoms. The summed E-state index contributed by atoms with van der Waals surface area (Å²) in [6, 6.07) is 10.5. The zero-order valence-electron chi connectivity index (χ0n) is 13.1. The van der Waals surface area contributed by atoms with E-state index in [0.717, 1.165) is 28.9 Å². The summed E-state index contributed by atoms with van der Waals surface area (Å²) in [4.78, 5) is 6.45. The summed E-state index contributed by atoms with van der Waals surface area (Å²) >= 11 is 6.48. The van der Waals surface area contributed by atoms with Crippen LogP contribution in [0.5, 0.6) is 0 Å². The Morgan fingerprint density at radius 2 is 1.91 bits per heavy atom. The topological polar surface area (TPSA) is 15.6 Å². The quantitative estimate of drug-likeness (QED) is 0.560. The monoisotopic (exact) mass is 318 g/mol. The van der Waals surface area contributed by atoms with Gasteiger partial charge in [0.2, 0.25) is 0 Å². The molecule has 2 rings (SSSR count). The lowest BCUT2D eigenvalue weighted by atomic mass is 10.0. The van der Waals surface area contributed by atoms with Gasteiger partial charge in [-0.2, -0.15) is 0 Å². The Labute approximate surface area is 136 Å². The maximum Gasteiger partial charge on any atom is 0.123 e. The molecular formula is C18H20ClFN2.